The molecule has 3 aromatic rings. The first-order valence-corrected chi connectivity index (χ1v) is 10.0. The molecule has 0 aliphatic heterocycles. The van der Waals surface area contributed by atoms with E-state index in [0.717, 1.165) is 22.4 Å². The molecular formula is C25H25N3O3. The van der Waals surface area contributed by atoms with Crippen molar-refractivity contribution < 1.29 is 14.3 Å². The predicted molar refractivity (Wildman–Crippen MR) is 123 cm³/mol. The van der Waals surface area contributed by atoms with Crippen LogP contribution in [0.25, 0.3) is 0 Å². The number of nitrogens with zero attached hydrogens (tertiary/aromatic N) is 2. The summed E-state index contributed by atoms with van der Waals surface area (Å²) in [5.41, 5.74) is 3.55. The number of hydrogen-bond acceptors (Lipinski definition) is 5. The van der Waals surface area contributed by atoms with Gasteiger partial charge < -0.3 is 14.8 Å². The maximum absolute atomic E-state index is 11.6. The number of methoxy groups -OCH3 is 1. The molecule has 1 amide bonds. The molecule has 6 heteroatoms. The molecule has 0 aliphatic rings. The fourth-order valence-corrected chi connectivity index (χ4v) is 2.90. The maximum atomic E-state index is 11.6. The van der Waals surface area contributed by atoms with Gasteiger partial charge in [0.1, 0.15) is 5.71 Å². The minimum atomic E-state index is -0.182. The highest BCUT2D eigenvalue weighted by Crippen LogP contribution is 2.27. The maximum Gasteiger partial charge on any atom is 0.257 e. The summed E-state index contributed by atoms with van der Waals surface area (Å²) in [6.45, 7) is 2.35. The summed E-state index contributed by atoms with van der Waals surface area (Å²) in [6, 6.07) is 25.2. The number of carbonyl (C=O) groups is 1. The van der Waals surface area contributed by atoms with Gasteiger partial charge in [-0.05, 0) is 30.7 Å². The Kier molecular flexibility index (Phi) is 7.94. The van der Waals surface area contributed by atoms with Crippen LogP contribution in [-0.2, 0) is 4.79 Å². The van der Waals surface area contributed by atoms with Crippen LogP contribution in [0, 0.1) is 0 Å². The average molecular weight is 415 g/mol. The highest BCUT2D eigenvalue weighted by atomic mass is 16.5. The number of rotatable bonds is 9. The molecule has 0 aromatic heterocycles. The molecule has 1 N–H and O–H groups in total. The Labute approximate surface area is 182 Å². The summed E-state index contributed by atoms with van der Waals surface area (Å²) in [6.07, 6.45) is 1.65. The molecule has 6 nitrogen and oxygen atoms in total. The first-order valence-electron chi connectivity index (χ1n) is 10.0. The molecule has 0 saturated heterocycles. The number of benzene rings is 3. The van der Waals surface area contributed by atoms with Crippen molar-refractivity contribution in [2.24, 2.45) is 10.2 Å². The minimum absolute atomic E-state index is 0.0700. The number of amides is 1. The number of hydrogen-bond donors (Lipinski definition) is 1. The van der Waals surface area contributed by atoms with Crippen molar-refractivity contribution in [2.45, 2.75) is 6.92 Å². The van der Waals surface area contributed by atoms with Crippen LogP contribution in [-0.4, -0.2) is 38.1 Å². The lowest BCUT2D eigenvalue weighted by atomic mass is 10.0. The fourth-order valence-electron chi connectivity index (χ4n) is 2.90. The Balaban J connectivity index is 1.80. The first-order chi connectivity index (χ1) is 15.2. The summed E-state index contributed by atoms with van der Waals surface area (Å²) in [7, 11) is 1.55. The van der Waals surface area contributed by atoms with Crippen molar-refractivity contribution in [3.63, 3.8) is 0 Å². The second-order valence-corrected chi connectivity index (χ2v) is 6.58. The topological polar surface area (TPSA) is 72.3 Å². The third-order valence-electron chi connectivity index (χ3n) is 4.38. The van der Waals surface area contributed by atoms with Gasteiger partial charge in [0.05, 0.1) is 13.3 Å². The zero-order valence-corrected chi connectivity index (χ0v) is 17.6. The molecule has 3 rings (SSSR count). The lowest BCUT2D eigenvalue weighted by Gasteiger charge is -2.11. The third kappa shape index (κ3) is 6.27. The van der Waals surface area contributed by atoms with Gasteiger partial charge in [-0.3, -0.25) is 4.79 Å². The second-order valence-electron chi connectivity index (χ2n) is 6.58. The molecule has 3 aromatic carbocycles. The first kappa shape index (κ1) is 21.8. The van der Waals surface area contributed by atoms with Crippen molar-refractivity contribution in [1.82, 2.24) is 5.32 Å². The minimum Gasteiger partial charge on any atom is -0.493 e. The van der Waals surface area contributed by atoms with Crippen LogP contribution in [0.2, 0.25) is 0 Å². The van der Waals surface area contributed by atoms with Gasteiger partial charge in [0.15, 0.2) is 18.1 Å². The van der Waals surface area contributed by atoms with E-state index in [9.17, 15) is 4.79 Å². The molecule has 158 valence electrons. The molecule has 0 bridgehead atoms. The third-order valence-corrected chi connectivity index (χ3v) is 4.38. The molecule has 0 heterocycles. The Hall–Kier alpha value is -3.93. The largest absolute Gasteiger partial charge is 0.493 e. The zero-order chi connectivity index (χ0) is 21.9. The standard InChI is InChI=1S/C25H25N3O3/c1-3-26-24(29)18-31-22-15-14-19(16-23(22)30-2)17-27-28-25(20-10-6-4-7-11-20)21-12-8-5-9-13-21/h4-17H,3,18H2,1-2H3,(H,26,29)/b27-17+. The molecule has 0 spiro atoms. The van der Waals surface area contributed by atoms with E-state index in [1.807, 2.05) is 73.7 Å². The van der Waals surface area contributed by atoms with Crippen LogP contribution in [0.1, 0.15) is 23.6 Å². The smallest absolute Gasteiger partial charge is 0.257 e. The van der Waals surface area contributed by atoms with E-state index in [1.54, 1.807) is 25.5 Å². The summed E-state index contributed by atoms with van der Waals surface area (Å²) >= 11 is 0. The Bertz CT molecular complexity index is 1010. The molecule has 0 atom stereocenters. The van der Waals surface area contributed by atoms with Gasteiger partial charge in [0.2, 0.25) is 0 Å². The fraction of sp³-hybridized carbons (Fsp3) is 0.160. The summed E-state index contributed by atoms with van der Waals surface area (Å²) in [4.78, 5) is 11.6. The summed E-state index contributed by atoms with van der Waals surface area (Å²) in [5.74, 6) is 0.825. The lowest BCUT2D eigenvalue weighted by Crippen LogP contribution is -2.28. The number of nitrogens with one attached hydrogen (secondary N) is 1. The zero-order valence-electron chi connectivity index (χ0n) is 17.6. The van der Waals surface area contributed by atoms with Crippen LogP contribution < -0.4 is 14.8 Å². The van der Waals surface area contributed by atoms with Gasteiger partial charge in [-0.15, -0.1) is 5.10 Å². The highest BCUT2D eigenvalue weighted by molar-refractivity contribution is 6.12. The van der Waals surface area contributed by atoms with Crippen molar-refractivity contribution >= 4 is 17.8 Å². The summed E-state index contributed by atoms with van der Waals surface area (Å²) in [5, 5.41) is 11.5. The molecule has 0 fully saturated rings. The monoisotopic (exact) mass is 415 g/mol. The Morgan fingerprint density at radius 3 is 2.16 bits per heavy atom. The average Bonchev–Trinajstić information content (AvgIpc) is 2.82. The molecule has 0 radical (unpaired) electrons. The molecule has 31 heavy (non-hydrogen) atoms. The van der Waals surface area contributed by atoms with E-state index in [4.69, 9.17) is 9.47 Å². The van der Waals surface area contributed by atoms with E-state index in [2.05, 4.69) is 15.5 Å². The Morgan fingerprint density at radius 2 is 1.58 bits per heavy atom. The van der Waals surface area contributed by atoms with Gasteiger partial charge in [-0.2, -0.15) is 5.10 Å². The molecule has 0 unspecified atom stereocenters. The predicted octanol–water partition coefficient (Wildman–Crippen LogP) is 4.08. The highest BCUT2D eigenvalue weighted by Gasteiger charge is 2.08. The van der Waals surface area contributed by atoms with Crippen LogP contribution in [0.4, 0.5) is 0 Å². The van der Waals surface area contributed by atoms with Crippen LogP contribution in [0.3, 0.4) is 0 Å². The van der Waals surface area contributed by atoms with E-state index >= 15 is 0 Å². The molecular weight excluding hydrogens is 390 g/mol. The van der Waals surface area contributed by atoms with E-state index in [0.29, 0.717) is 18.0 Å². The van der Waals surface area contributed by atoms with E-state index in [-0.39, 0.29) is 12.5 Å². The number of carbonyl (C=O) groups excluding carboxylic acids is 1. The number of ether oxygens (including phenoxy) is 2. The lowest BCUT2D eigenvalue weighted by molar-refractivity contribution is -0.123. The summed E-state index contributed by atoms with van der Waals surface area (Å²) < 4.78 is 10.9. The van der Waals surface area contributed by atoms with Crippen molar-refractivity contribution in [3.05, 3.63) is 95.6 Å². The van der Waals surface area contributed by atoms with Gasteiger partial charge >= 0.3 is 0 Å². The van der Waals surface area contributed by atoms with Gasteiger partial charge in [-0.1, -0.05) is 60.7 Å². The van der Waals surface area contributed by atoms with Gasteiger partial charge in [0, 0.05) is 17.7 Å². The van der Waals surface area contributed by atoms with Crippen LogP contribution in [0.15, 0.2) is 89.1 Å². The van der Waals surface area contributed by atoms with Crippen molar-refractivity contribution in [2.75, 3.05) is 20.3 Å². The SMILES string of the molecule is CCNC(=O)COc1ccc(/C=N/N=C(c2ccccc2)c2ccccc2)cc1OC. The van der Waals surface area contributed by atoms with Crippen molar-refractivity contribution in [1.29, 1.82) is 0 Å². The normalized spacial score (nSPS) is 10.5. The molecule has 0 saturated carbocycles. The van der Waals surface area contributed by atoms with Gasteiger partial charge in [0.25, 0.3) is 5.91 Å². The molecule has 0 aliphatic carbocycles. The Morgan fingerprint density at radius 1 is 0.935 bits per heavy atom. The second kappa shape index (κ2) is 11.3. The van der Waals surface area contributed by atoms with Crippen LogP contribution >= 0.6 is 0 Å². The van der Waals surface area contributed by atoms with E-state index < -0.39 is 0 Å². The van der Waals surface area contributed by atoms with Crippen molar-refractivity contribution in [3.8, 4) is 11.5 Å². The van der Waals surface area contributed by atoms with E-state index in [1.165, 1.54) is 0 Å². The van der Waals surface area contributed by atoms with Crippen LogP contribution in [0.5, 0.6) is 11.5 Å². The van der Waals surface area contributed by atoms with Gasteiger partial charge in [-0.25, -0.2) is 0 Å². The quantitative estimate of drug-likeness (QED) is 0.423. The number of likely N-dealkylation sites (N-methyl/N-ethyl adjacent to an activating group) is 1.